The zero-order valence-corrected chi connectivity index (χ0v) is 47.1. The van der Waals surface area contributed by atoms with Crippen LogP contribution in [0.3, 0.4) is 0 Å². The molecule has 11 aromatic rings. The molecule has 3 unspecified atom stereocenters. The number of rotatable bonds is 9. The fraction of sp³-hybridized carbons (Fsp3) is 0.175. The van der Waals surface area contributed by atoms with Gasteiger partial charge in [0, 0.05) is 39.4 Å². The van der Waals surface area contributed by atoms with Crippen LogP contribution < -0.4 is 9.80 Å². The Morgan fingerprint density at radius 1 is 0.329 bits per heavy atom. The molecule has 0 radical (unpaired) electrons. The lowest BCUT2D eigenvalue weighted by atomic mass is 9.60. The van der Waals surface area contributed by atoms with E-state index in [4.69, 9.17) is 0 Å². The van der Waals surface area contributed by atoms with Crippen LogP contribution in [0, 0.1) is 17.8 Å². The molecule has 5 aliphatic carbocycles. The van der Waals surface area contributed by atoms with Gasteiger partial charge in [-0.3, -0.25) is 0 Å². The van der Waals surface area contributed by atoms with E-state index in [1.807, 2.05) is 0 Å². The van der Waals surface area contributed by atoms with E-state index in [1.54, 1.807) is 0 Å². The number of fused-ring (bicyclic) bond motifs is 15. The molecule has 0 N–H and O–H groups in total. The third-order valence-electron chi connectivity index (χ3n) is 19.9. The first-order valence-corrected chi connectivity index (χ1v) is 30.1. The Hall–Kier alpha value is -8.98. The van der Waals surface area contributed by atoms with E-state index in [0.29, 0.717) is 5.92 Å². The fourth-order valence-corrected chi connectivity index (χ4v) is 16.5. The minimum absolute atomic E-state index is 0.115. The quantitative estimate of drug-likeness (QED) is 0.142. The van der Waals surface area contributed by atoms with Gasteiger partial charge in [-0.25, -0.2) is 0 Å². The first-order valence-electron chi connectivity index (χ1n) is 30.1. The number of hydrogen-bond acceptors (Lipinski definition) is 2. The summed E-state index contributed by atoms with van der Waals surface area (Å²) in [7, 11) is 0. The summed E-state index contributed by atoms with van der Waals surface area (Å²) in [6.07, 6.45) is 6.83. The van der Waals surface area contributed by atoms with Gasteiger partial charge in [-0.05, 0) is 217 Å². The topological polar surface area (TPSA) is 6.48 Å². The normalized spacial score (nSPS) is 20.0. The van der Waals surface area contributed by atoms with Gasteiger partial charge in [-0.15, -0.1) is 0 Å². The van der Waals surface area contributed by atoms with Crippen molar-refractivity contribution in [2.75, 3.05) is 9.80 Å². The highest BCUT2D eigenvalue weighted by atomic mass is 15.2. The highest BCUT2D eigenvalue weighted by Crippen LogP contribution is 2.66. The molecule has 11 aromatic carbocycles. The SMILES string of the molecule is CC1CC2CCCC(C1)C2c1ccc(N(c2ccccc2)c2ccc3c(c2)C2(c4ccccc4-3)c3ccc(-c4ccccc4)cc3-c3cc(-c4ccccc4)c(N(c4ccccc4)c4ccc5c(c4)-c4ccccc4C5(C)C)cc32)cc1. The molecule has 2 fully saturated rings. The average molecular weight is 1060 g/mol. The summed E-state index contributed by atoms with van der Waals surface area (Å²) in [5, 5.41) is 0. The number of anilines is 6. The average Bonchev–Trinajstić information content (AvgIpc) is 4.10. The number of benzene rings is 11. The van der Waals surface area contributed by atoms with Crippen LogP contribution in [0.25, 0.3) is 55.6 Å². The van der Waals surface area contributed by atoms with Gasteiger partial charge in [0.1, 0.15) is 0 Å². The second kappa shape index (κ2) is 19.1. The second-order valence-electron chi connectivity index (χ2n) is 24.8. The molecule has 3 atom stereocenters. The summed E-state index contributed by atoms with van der Waals surface area (Å²) in [6, 6.07) is 99.4. The summed E-state index contributed by atoms with van der Waals surface area (Å²) in [5.74, 6) is 3.06. The Bertz CT molecular complexity index is 4240. The van der Waals surface area contributed by atoms with Gasteiger partial charge < -0.3 is 9.80 Å². The molecule has 0 aliphatic heterocycles. The van der Waals surface area contributed by atoms with Gasteiger partial charge in [0.25, 0.3) is 0 Å². The predicted octanol–water partition coefficient (Wildman–Crippen LogP) is 21.5. The van der Waals surface area contributed by atoms with E-state index < -0.39 is 5.41 Å². The molecule has 2 nitrogen and oxygen atoms in total. The van der Waals surface area contributed by atoms with Crippen LogP contribution in [0.5, 0.6) is 0 Å². The van der Waals surface area contributed by atoms with Crippen molar-refractivity contribution >= 4 is 34.1 Å². The van der Waals surface area contributed by atoms with E-state index in [9.17, 15) is 0 Å². The monoisotopic (exact) mass is 1050 g/mol. The lowest BCUT2D eigenvalue weighted by molar-refractivity contribution is 0.111. The molecule has 0 heterocycles. The fourth-order valence-electron chi connectivity index (χ4n) is 16.5. The minimum Gasteiger partial charge on any atom is -0.310 e. The molecule has 2 heteroatoms. The summed E-state index contributed by atoms with van der Waals surface area (Å²) in [4.78, 5) is 5.05. The van der Waals surface area contributed by atoms with E-state index in [1.165, 1.54) is 132 Å². The van der Waals surface area contributed by atoms with E-state index in [0.717, 1.165) is 46.2 Å². The summed E-state index contributed by atoms with van der Waals surface area (Å²) in [5.41, 5.74) is 28.1. The van der Waals surface area contributed by atoms with Crippen molar-refractivity contribution in [3.63, 3.8) is 0 Å². The zero-order chi connectivity index (χ0) is 54.7. The first-order chi connectivity index (χ1) is 40.3. The Morgan fingerprint density at radius 3 is 1.50 bits per heavy atom. The third-order valence-corrected chi connectivity index (χ3v) is 19.9. The third kappa shape index (κ3) is 7.46. The van der Waals surface area contributed by atoms with Gasteiger partial charge in [0.15, 0.2) is 0 Å². The minimum atomic E-state index is -0.669. The highest BCUT2D eigenvalue weighted by molar-refractivity contribution is 6.02. The number of nitrogens with zero attached hydrogens (tertiary/aromatic N) is 2. The van der Waals surface area contributed by atoms with Gasteiger partial charge in [-0.1, -0.05) is 209 Å². The van der Waals surface area contributed by atoms with Crippen molar-refractivity contribution in [2.45, 2.75) is 69.6 Å². The molecule has 82 heavy (non-hydrogen) atoms. The maximum Gasteiger partial charge on any atom is 0.0727 e. The van der Waals surface area contributed by atoms with Crippen LogP contribution >= 0.6 is 0 Å². The maximum absolute atomic E-state index is 2.60. The van der Waals surface area contributed by atoms with Crippen LogP contribution in [0.4, 0.5) is 34.1 Å². The van der Waals surface area contributed by atoms with Crippen LogP contribution in [0.2, 0.25) is 0 Å². The van der Waals surface area contributed by atoms with E-state index in [2.05, 4.69) is 291 Å². The zero-order valence-electron chi connectivity index (χ0n) is 47.1. The standard InChI is InChI=1S/C80H66N2/c1-52-45-57-25-20-26-58(46-52)78(57)55-35-38-61(39-36-55)81(59-27-12-6-13-28-59)63-40-42-66-64-31-17-19-34-73(64)80(75(66)49-63)74-43-37-56(53-21-8-4-9-22-53)47-68(74)70-50-67(54-23-10-5-11-24-54)77(51-76(70)80)82(60-29-14-7-15-30-60)62-41-44-72-69(48-62)65-32-16-18-33-71(65)79(72,2)3/h4-19,21-24,27-44,47-52,57-58,78H,20,25-26,45-46H2,1-3H3. The molecule has 396 valence electrons. The molecular weight excluding hydrogens is 989 g/mol. The molecule has 2 saturated carbocycles. The maximum atomic E-state index is 2.60. The van der Waals surface area contributed by atoms with Gasteiger partial charge in [0.2, 0.25) is 0 Å². The molecule has 5 aliphatic rings. The van der Waals surface area contributed by atoms with Crippen molar-refractivity contribution in [1.29, 1.82) is 0 Å². The second-order valence-corrected chi connectivity index (χ2v) is 24.8. The van der Waals surface area contributed by atoms with Gasteiger partial charge in [0.05, 0.1) is 11.1 Å². The molecular formula is C80H66N2. The Morgan fingerprint density at radius 2 is 0.805 bits per heavy atom. The molecule has 16 rings (SSSR count). The Kier molecular flexibility index (Phi) is 11.4. The van der Waals surface area contributed by atoms with Crippen molar-refractivity contribution in [2.24, 2.45) is 17.8 Å². The van der Waals surface area contributed by atoms with Crippen molar-refractivity contribution in [3.05, 3.63) is 300 Å². The van der Waals surface area contributed by atoms with E-state index >= 15 is 0 Å². The number of para-hydroxylation sites is 2. The first kappa shape index (κ1) is 48.9. The van der Waals surface area contributed by atoms with Crippen LogP contribution in [0.1, 0.15) is 97.7 Å². The Labute approximate surface area is 484 Å². The lowest BCUT2D eigenvalue weighted by Crippen LogP contribution is -2.33. The van der Waals surface area contributed by atoms with Crippen LogP contribution in [-0.4, -0.2) is 0 Å². The van der Waals surface area contributed by atoms with Gasteiger partial charge >= 0.3 is 0 Å². The summed E-state index contributed by atoms with van der Waals surface area (Å²) in [6.45, 7) is 7.24. The largest absolute Gasteiger partial charge is 0.310 e. The lowest BCUT2D eigenvalue weighted by Gasteiger charge is -2.45. The molecule has 0 amide bonds. The van der Waals surface area contributed by atoms with Crippen molar-refractivity contribution < 1.29 is 0 Å². The van der Waals surface area contributed by atoms with E-state index in [-0.39, 0.29) is 5.41 Å². The van der Waals surface area contributed by atoms with Gasteiger partial charge in [-0.2, -0.15) is 0 Å². The highest BCUT2D eigenvalue weighted by Gasteiger charge is 2.53. The van der Waals surface area contributed by atoms with Crippen molar-refractivity contribution in [1.82, 2.24) is 0 Å². The van der Waals surface area contributed by atoms with Crippen LogP contribution in [-0.2, 0) is 10.8 Å². The molecule has 2 bridgehead atoms. The molecule has 0 saturated heterocycles. The summed E-state index contributed by atoms with van der Waals surface area (Å²) < 4.78 is 0. The molecule has 0 aromatic heterocycles. The van der Waals surface area contributed by atoms with Crippen molar-refractivity contribution in [3.8, 4) is 55.6 Å². The number of hydrogen-bond donors (Lipinski definition) is 0. The predicted molar refractivity (Wildman–Crippen MR) is 343 cm³/mol. The molecule has 1 spiro atoms. The smallest absolute Gasteiger partial charge is 0.0727 e. The Balaban J connectivity index is 0.950. The van der Waals surface area contributed by atoms with Crippen LogP contribution in [0.15, 0.2) is 261 Å². The summed E-state index contributed by atoms with van der Waals surface area (Å²) >= 11 is 0.